The van der Waals surface area contributed by atoms with Crippen LogP contribution in [0.1, 0.15) is 31.7 Å². The summed E-state index contributed by atoms with van der Waals surface area (Å²) in [6.07, 6.45) is 3.16. The predicted octanol–water partition coefficient (Wildman–Crippen LogP) is 3.14. The largest absolute Gasteiger partial charge is 0.333 e. The number of hydrogen-bond donors (Lipinski definition) is 1. The van der Waals surface area contributed by atoms with Crippen molar-refractivity contribution in [3.05, 3.63) is 41.9 Å². The van der Waals surface area contributed by atoms with Crippen LogP contribution in [-0.2, 0) is 16.3 Å². The summed E-state index contributed by atoms with van der Waals surface area (Å²) in [5.41, 5.74) is 1.03. The summed E-state index contributed by atoms with van der Waals surface area (Å²) in [7, 11) is -3.49. The normalized spacial score (nSPS) is 12.0. The molecule has 2 aromatic rings. The van der Waals surface area contributed by atoms with Crippen LogP contribution in [0, 0.1) is 12.8 Å². The van der Waals surface area contributed by atoms with E-state index in [0.717, 1.165) is 24.2 Å². The van der Waals surface area contributed by atoms with Gasteiger partial charge in [-0.15, -0.1) is 0 Å². The maximum Gasteiger partial charge on any atom is 0.223 e. The molecule has 108 valence electrons. The third kappa shape index (κ3) is 3.28. The molecule has 1 aromatic heterocycles. The van der Waals surface area contributed by atoms with Gasteiger partial charge in [0.2, 0.25) is 9.84 Å². The van der Waals surface area contributed by atoms with Gasteiger partial charge >= 0.3 is 0 Å². The van der Waals surface area contributed by atoms with Crippen LogP contribution in [0.15, 0.2) is 40.4 Å². The highest BCUT2D eigenvalue weighted by Crippen LogP contribution is 2.20. The Morgan fingerprint density at radius 2 is 1.85 bits per heavy atom. The number of H-pyrrole nitrogens is 1. The minimum atomic E-state index is -3.49. The Morgan fingerprint density at radius 3 is 2.45 bits per heavy atom. The van der Waals surface area contributed by atoms with Gasteiger partial charge in [0.1, 0.15) is 5.82 Å². The van der Waals surface area contributed by atoms with Crippen molar-refractivity contribution < 1.29 is 8.42 Å². The Labute approximate surface area is 120 Å². The van der Waals surface area contributed by atoms with Gasteiger partial charge < -0.3 is 4.98 Å². The van der Waals surface area contributed by atoms with Crippen molar-refractivity contribution in [1.82, 2.24) is 9.97 Å². The van der Waals surface area contributed by atoms with Crippen LogP contribution in [0.5, 0.6) is 0 Å². The smallest absolute Gasteiger partial charge is 0.223 e. The standard InChI is InChI=1S/C15H20N2O2S/c1-11(2)4-9-14-16-10-15(17-14)20(18,19)13-7-5-12(3)6-8-13/h5-8,10-11H,4,9H2,1-3H3,(H,16,17). The number of aromatic nitrogens is 2. The average molecular weight is 292 g/mol. The van der Waals surface area contributed by atoms with Gasteiger partial charge in [-0.25, -0.2) is 13.4 Å². The molecular weight excluding hydrogens is 272 g/mol. The zero-order valence-corrected chi connectivity index (χ0v) is 12.9. The van der Waals surface area contributed by atoms with Crippen LogP contribution in [0.2, 0.25) is 0 Å². The Bertz CT molecular complexity index is 670. The van der Waals surface area contributed by atoms with Crippen molar-refractivity contribution in [1.29, 1.82) is 0 Å². The Balaban J connectivity index is 2.24. The van der Waals surface area contributed by atoms with Crippen LogP contribution >= 0.6 is 0 Å². The average Bonchev–Trinajstić information content (AvgIpc) is 2.86. The first kappa shape index (κ1) is 14.8. The van der Waals surface area contributed by atoms with Crippen LogP contribution in [0.25, 0.3) is 0 Å². The number of aryl methyl sites for hydroxylation is 2. The molecule has 4 nitrogen and oxygen atoms in total. The number of aromatic amines is 1. The van der Waals surface area contributed by atoms with Gasteiger partial charge in [-0.3, -0.25) is 0 Å². The lowest BCUT2D eigenvalue weighted by Crippen LogP contribution is -2.03. The molecule has 0 aliphatic rings. The SMILES string of the molecule is Cc1ccc(S(=O)(=O)c2cnc(CCC(C)C)[nH]2)cc1. The molecule has 1 heterocycles. The molecule has 0 aliphatic heterocycles. The van der Waals surface area contributed by atoms with E-state index in [9.17, 15) is 8.42 Å². The van der Waals surface area contributed by atoms with Crippen LogP contribution in [0.3, 0.4) is 0 Å². The van der Waals surface area contributed by atoms with Crippen molar-refractivity contribution in [2.75, 3.05) is 0 Å². The van der Waals surface area contributed by atoms with Gasteiger partial charge in [-0.1, -0.05) is 31.5 Å². The minimum Gasteiger partial charge on any atom is -0.333 e. The third-order valence-electron chi connectivity index (χ3n) is 3.18. The second kappa shape index (κ2) is 5.79. The molecular formula is C15H20N2O2S. The number of sulfone groups is 1. The van der Waals surface area contributed by atoms with Crippen LogP contribution in [-0.4, -0.2) is 18.4 Å². The Hall–Kier alpha value is -1.62. The molecule has 0 unspecified atom stereocenters. The summed E-state index contributed by atoms with van der Waals surface area (Å²) in [5.74, 6) is 1.29. The number of hydrogen-bond acceptors (Lipinski definition) is 3. The highest BCUT2D eigenvalue weighted by atomic mass is 32.2. The van der Waals surface area contributed by atoms with Gasteiger partial charge in [0.15, 0.2) is 5.03 Å². The number of imidazole rings is 1. The number of benzene rings is 1. The van der Waals surface area contributed by atoms with Gasteiger partial charge in [-0.05, 0) is 31.4 Å². The minimum absolute atomic E-state index is 0.167. The van der Waals surface area contributed by atoms with Crippen molar-refractivity contribution in [2.24, 2.45) is 5.92 Å². The second-order valence-electron chi connectivity index (χ2n) is 5.44. The Morgan fingerprint density at radius 1 is 1.20 bits per heavy atom. The van der Waals surface area contributed by atoms with Crippen molar-refractivity contribution in [2.45, 2.75) is 43.5 Å². The summed E-state index contributed by atoms with van der Waals surface area (Å²) in [5, 5.41) is 0.167. The zero-order chi connectivity index (χ0) is 14.8. The predicted molar refractivity (Wildman–Crippen MR) is 78.4 cm³/mol. The highest BCUT2D eigenvalue weighted by molar-refractivity contribution is 7.91. The monoisotopic (exact) mass is 292 g/mol. The van der Waals surface area contributed by atoms with Crippen LogP contribution in [0.4, 0.5) is 0 Å². The Kier molecular flexibility index (Phi) is 4.28. The highest BCUT2D eigenvalue weighted by Gasteiger charge is 2.20. The molecule has 0 bridgehead atoms. The summed E-state index contributed by atoms with van der Waals surface area (Å²) in [6, 6.07) is 6.84. The fourth-order valence-corrected chi connectivity index (χ4v) is 3.07. The molecule has 5 heteroatoms. The van der Waals surface area contributed by atoms with E-state index in [-0.39, 0.29) is 5.03 Å². The van der Waals surface area contributed by atoms with E-state index < -0.39 is 9.84 Å². The molecule has 20 heavy (non-hydrogen) atoms. The summed E-state index contributed by atoms with van der Waals surface area (Å²) >= 11 is 0. The van der Waals surface area contributed by atoms with E-state index in [2.05, 4.69) is 23.8 Å². The lowest BCUT2D eigenvalue weighted by Gasteiger charge is -2.03. The molecule has 1 aromatic carbocycles. The van der Waals surface area contributed by atoms with Gasteiger partial charge in [0, 0.05) is 6.42 Å². The summed E-state index contributed by atoms with van der Waals surface area (Å²) in [6.45, 7) is 6.19. The fraction of sp³-hybridized carbons (Fsp3) is 0.400. The maximum atomic E-state index is 12.4. The molecule has 0 atom stereocenters. The summed E-state index contributed by atoms with van der Waals surface area (Å²) in [4.78, 5) is 7.38. The van der Waals surface area contributed by atoms with Gasteiger partial charge in [-0.2, -0.15) is 0 Å². The molecule has 0 amide bonds. The van der Waals surface area contributed by atoms with E-state index in [1.54, 1.807) is 24.3 Å². The van der Waals surface area contributed by atoms with E-state index >= 15 is 0 Å². The van der Waals surface area contributed by atoms with Crippen molar-refractivity contribution in [3.8, 4) is 0 Å². The molecule has 0 spiro atoms. The molecule has 0 radical (unpaired) electrons. The molecule has 0 fully saturated rings. The van der Waals surface area contributed by atoms with E-state index in [0.29, 0.717) is 10.8 Å². The van der Waals surface area contributed by atoms with E-state index in [1.807, 2.05) is 6.92 Å². The number of nitrogens with zero attached hydrogens (tertiary/aromatic N) is 1. The fourth-order valence-electron chi connectivity index (χ4n) is 1.88. The van der Waals surface area contributed by atoms with E-state index in [4.69, 9.17) is 0 Å². The first-order valence-corrected chi connectivity index (χ1v) is 8.23. The third-order valence-corrected chi connectivity index (χ3v) is 4.86. The van der Waals surface area contributed by atoms with Gasteiger partial charge in [0.25, 0.3) is 0 Å². The van der Waals surface area contributed by atoms with Crippen molar-refractivity contribution >= 4 is 9.84 Å². The first-order valence-electron chi connectivity index (χ1n) is 6.75. The quantitative estimate of drug-likeness (QED) is 0.920. The number of nitrogens with one attached hydrogen (secondary N) is 1. The molecule has 0 aliphatic carbocycles. The topological polar surface area (TPSA) is 62.8 Å². The van der Waals surface area contributed by atoms with E-state index in [1.165, 1.54) is 6.20 Å². The van der Waals surface area contributed by atoms with Crippen molar-refractivity contribution in [3.63, 3.8) is 0 Å². The van der Waals surface area contributed by atoms with Gasteiger partial charge in [0.05, 0.1) is 11.1 Å². The lowest BCUT2D eigenvalue weighted by molar-refractivity contribution is 0.574. The molecule has 2 rings (SSSR count). The first-order chi connectivity index (χ1) is 9.39. The molecule has 0 saturated carbocycles. The maximum absolute atomic E-state index is 12.4. The van der Waals surface area contributed by atoms with Crippen LogP contribution < -0.4 is 0 Å². The molecule has 1 N–H and O–H groups in total. The lowest BCUT2D eigenvalue weighted by atomic mass is 10.1. The zero-order valence-electron chi connectivity index (χ0n) is 12.1. The number of rotatable bonds is 5. The molecule has 0 saturated heterocycles. The summed E-state index contributed by atoms with van der Waals surface area (Å²) < 4.78 is 24.9. The second-order valence-corrected chi connectivity index (χ2v) is 7.36.